The predicted octanol–water partition coefficient (Wildman–Crippen LogP) is 5.39. The van der Waals surface area contributed by atoms with E-state index in [1.807, 2.05) is 0 Å². The van der Waals surface area contributed by atoms with E-state index in [2.05, 4.69) is 18.2 Å². The van der Waals surface area contributed by atoms with Gasteiger partial charge in [-0.15, -0.1) is 0 Å². The summed E-state index contributed by atoms with van der Waals surface area (Å²) in [7, 11) is 0. The van der Waals surface area contributed by atoms with E-state index in [-0.39, 0.29) is 11.1 Å². The maximum atomic E-state index is 13.9. The van der Waals surface area contributed by atoms with Crippen LogP contribution in [-0.4, -0.2) is 26.1 Å². The summed E-state index contributed by atoms with van der Waals surface area (Å²) in [4.78, 5) is 0. The molecule has 1 aromatic carbocycles. The van der Waals surface area contributed by atoms with Gasteiger partial charge in [-0.1, -0.05) is 26.3 Å². The van der Waals surface area contributed by atoms with Gasteiger partial charge in [-0.3, -0.25) is 0 Å². The molecule has 1 saturated heterocycles. The van der Waals surface area contributed by atoms with Crippen molar-refractivity contribution >= 4 is 5.57 Å². The lowest BCUT2D eigenvalue weighted by atomic mass is 9.76. The highest BCUT2D eigenvalue weighted by atomic mass is 19.3. The van der Waals surface area contributed by atoms with Crippen LogP contribution in [-0.2, 0) is 9.47 Å². The number of ether oxygens (including phenoxy) is 3. The van der Waals surface area contributed by atoms with Gasteiger partial charge < -0.3 is 14.2 Å². The standard InChI is InChI=1S/C20H24F4O3/c1-11-3-5-13(6-4-11)15-9-25-19(26-10-15)12(2)14-7-16(21)18(17(22)8-14)27-20(23)24/h7-8,11,13,15,19-20H,2-6,9-10H2,1H3. The first-order chi connectivity index (χ1) is 12.8. The van der Waals surface area contributed by atoms with Crippen LogP contribution < -0.4 is 4.74 Å². The molecule has 0 aromatic heterocycles. The Morgan fingerprint density at radius 3 is 2.11 bits per heavy atom. The maximum absolute atomic E-state index is 13.9. The highest BCUT2D eigenvalue weighted by Crippen LogP contribution is 2.37. The number of alkyl halides is 2. The molecule has 3 rings (SSSR count). The van der Waals surface area contributed by atoms with Crippen LogP contribution in [0.25, 0.3) is 5.57 Å². The highest BCUT2D eigenvalue weighted by Gasteiger charge is 2.32. The van der Waals surface area contributed by atoms with Crippen LogP contribution in [0.1, 0.15) is 38.2 Å². The van der Waals surface area contributed by atoms with Gasteiger partial charge in [0.15, 0.2) is 23.7 Å². The van der Waals surface area contributed by atoms with Gasteiger partial charge in [-0.25, -0.2) is 8.78 Å². The molecule has 0 radical (unpaired) electrons. The third kappa shape index (κ3) is 4.82. The number of benzene rings is 1. The van der Waals surface area contributed by atoms with Gasteiger partial charge in [0, 0.05) is 11.5 Å². The normalized spacial score (nSPS) is 29.0. The molecule has 1 heterocycles. The Morgan fingerprint density at radius 2 is 1.59 bits per heavy atom. The summed E-state index contributed by atoms with van der Waals surface area (Å²) in [5.74, 6) is -1.93. The Balaban J connectivity index is 1.61. The summed E-state index contributed by atoms with van der Waals surface area (Å²) in [6, 6.07) is 1.79. The Hall–Kier alpha value is -1.60. The topological polar surface area (TPSA) is 27.7 Å². The van der Waals surface area contributed by atoms with E-state index in [9.17, 15) is 17.6 Å². The molecule has 0 bridgehead atoms. The zero-order valence-corrected chi connectivity index (χ0v) is 15.2. The van der Waals surface area contributed by atoms with Gasteiger partial charge >= 0.3 is 6.61 Å². The SMILES string of the molecule is C=C(c1cc(F)c(OC(F)F)c(F)c1)C1OCC(C2CCC(C)CC2)CO1. The van der Waals surface area contributed by atoms with Gasteiger partial charge in [-0.2, -0.15) is 8.78 Å². The summed E-state index contributed by atoms with van der Waals surface area (Å²) in [6.07, 6.45) is 3.92. The molecule has 0 spiro atoms. The summed E-state index contributed by atoms with van der Waals surface area (Å²) in [5.41, 5.74) is 0.327. The molecule has 27 heavy (non-hydrogen) atoms. The molecule has 3 nitrogen and oxygen atoms in total. The van der Waals surface area contributed by atoms with Gasteiger partial charge in [0.05, 0.1) is 13.2 Å². The fraction of sp³-hybridized carbons (Fsp3) is 0.600. The predicted molar refractivity (Wildman–Crippen MR) is 92.3 cm³/mol. The largest absolute Gasteiger partial charge is 0.429 e. The van der Waals surface area contributed by atoms with Crippen molar-refractivity contribution in [2.45, 2.75) is 45.5 Å². The van der Waals surface area contributed by atoms with Crippen LogP contribution in [0.4, 0.5) is 17.6 Å². The minimum absolute atomic E-state index is 0.0848. The van der Waals surface area contributed by atoms with Crippen molar-refractivity contribution in [1.82, 2.24) is 0 Å². The van der Waals surface area contributed by atoms with Gasteiger partial charge in [0.1, 0.15) is 0 Å². The molecule has 1 aliphatic heterocycles. The molecular weight excluding hydrogens is 364 g/mol. The second kappa shape index (κ2) is 8.61. The molecular formula is C20H24F4O3. The summed E-state index contributed by atoms with van der Waals surface area (Å²) >= 11 is 0. The molecule has 0 unspecified atom stereocenters. The highest BCUT2D eigenvalue weighted by molar-refractivity contribution is 5.66. The molecule has 150 valence electrons. The Bertz CT molecular complexity index is 640. The summed E-state index contributed by atoms with van der Waals surface area (Å²) in [5, 5.41) is 0. The van der Waals surface area contributed by atoms with E-state index in [1.165, 1.54) is 12.8 Å². The van der Waals surface area contributed by atoms with Crippen molar-refractivity contribution in [2.75, 3.05) is 13.2 Å². The van der Waals surface area contributed by atoms with Crippen molar-refractivity contribution in [3.05, 3.63) is 35.9 Å². The van der Waals surface area contributed by atoms with Crippen LogP contribution in [0.15, 0.2) is 18.7 Å². The fourth-order valence-electron chi connectivity index (χ4n) is 3.83. The Labute approximate surface area is 156 Å². The average Bonchev–Trinajstić information content (AvgIpc) is 2.64. The first-order valence-corrected chi connectivity index (χ1v) is 9.21. The number of hydrogen-bond donors (Lipinski definition) is 0. The Kier molecular flexibility index (Phi) is 6.42. The van der Waals surface area contributed by atoms with Crippen LogP contribution in [0.2, 0.25) is 0 Å². The lowest BCUT2D eigenvalue weighted by molar-refractivity contribution is -0.180. The van der Waals surface area contributed by atoms with Crippen LogP contribution in [0.5, 0.6) is 5.75 Å². The third-order valence-corrected chi connectivity index (χ3v) is 5.51. The first-order valence-electron chi connectivity index (χ1n) is 9.21. The Morgan fingerprint density at radius 1 is 1.04 bits per heavy atom. The monoisotopic (exact) mass is 388 g/mol. The van der Waals surface area contributed by atoms with Crippen molar-refractivity contribution in [1.29, 1.82) is 0 Å². The lowest BCUT2D eigenvalue weighted by Crippen LogP contribution is -2.37. The summed E-state index contributed by atoms with van der Waals surface area (Å²) in [6.45, 7) is 3.75. The van der Waals surface area contributed by atoms with E-state index >= 15 is 0 Å². The minimum atomic E-state index is -3.31. The first kappa shape index (κ1) is 20.1. The van der Waals surface area contributed by atoms with Crippen LogP contribution in [0, 0.1) is 29.4 Å². The van der Waals surface area contributed by atoms with Crippen molar-refractivity contribution in [3.63, 3.8) is 0 Å². The molecule has 0 amide bonds. The zero-order valence-electron chi connectivity index (χ0n) is 15.2. The van der Waals surface area contributed by atoms with Gasteiger partial charge in [0.2, 0.25) is 0 Å². The van der Waals surface area contributed by atoms with Crippen molar-refractivity contribution in [2.24, 2.45) is 17.8 Å². The zero-order chi connectivity index (χ0) is 19.6. The van der Waals surface area contributed by atoms with E-state index in [4.69, 9.17) is 9.47 Å². The number of hydrogen-bond acceptors (Lipinski definition) is 3. The van der Waals surface area contributed by atoms with E-state index < -0.39 is 30.3 Å². The molecule has 1 aliphatic carbocycles. The fourth-order valence-corrected chi connectivity index (χ4v) is 3.83. The molecule has 1 aromatic rings. The third-order valence-electron chi connectivity index (χ3n) is 5.51. The maximum Gasteiger partial charge on any atom is 0.387 e. The second-order valence-electron chi connectivity index (χ2n) is 7.45. The number of rotatable bonds is 5. The minimum Gasteiger partial charge on any atom is -0.429 e. The second-order valence-corrected chi connectivity index (χ2v) is 7.45. The van der Waals surface area contributed by atoms with Crippen molar-refractivity contribution in [3.8, 4) is 5.75 Å². The molecule has 2 aliphatic rings. The number of halogens is 4. The lowest BCUT2D eigenvalue weighted by Gasteiger charge is -2.37. The smallest absolute Gasteiger partial charge is 0.387 e. The van der Waals surface area contributed by atoms with E-state index in [0.717, 1.165) is 30.9 Å². The molecule has 0 N–H and O–H groups in total. The van der Waals surface area contributed by atoms with Crippen LogP contribution in [0.3, 0.4) is 0 Å². The van der Waals surface area contributed by atoms with Gasteiger partial charge in [0.25, 0.3) is 0 Å². The molecule has 2 fully saturated rings. The quantitative estimate of drug-likeness (QED) is 0.633. The van der Waals surface area contributed by atoms with Crippen LogP contribution >= 0.6 is 0 Å². The van der Waals surface area contributed by atoms with Crippen molar-refractivity contribution < 1.29 is 31.8 Å². The molecule has 0 atom stereocenters. The van der Waals surface area contributed by atoms with E-state index in [1.54, 1.807) is 0 Å². The van der Waals surface area contributed by atoms with E-state index in [0.29, 0.717) is 25.0 Å². The molecule has 7 heteroatoms. The van der Waals surface area contributed by atoms with Gasteiger partial charge in [-0.05, 0) is 42.4 Å². The summed E-state index contributed by atoms with van der Waals surface area (Å²) < 4.78 is 67.6. The molecule has 1 saturated carbocycles. The average molecular weight is 388 g/mol.